The Morgan fingerprint density at radius 1 is 1.47 bits per heavy atom. The van der Waals surface area contributed by atoms with Gasteiger partial charge in [-0.15, -0.1) is 11.3 Å². The monoisotopic (exact) mass is 320 g/mol. The van der Waals surface area contributed by atoms with Gasteiger partial charge < -0.3 is 10.1 Å². The summed E-state index contributed by atoms with van der Waals surface area (Å²) in [6, 6.07) is 1.46. The molecule has 0 saturated carbocycles. The van der Waals surface area contributed by atoms with Crippen LogP contribution in [0.25, 0.3) is 0 Å². The van der Waals surface area contributed by atoms with E-state index in [1.807, 2.05) is 0 Å². The van der Waals surface area contributed by atoms with Crippen LogP contribution >= 0.6 is 22.7 Å². The molecule has 0 radical (unpaired) electrons. The Labute approximate surface area is 117 Å². The van der Waals surface area contributed by atoms with Crippen LogP contribution in [-0.2, 0) is 23.2 Å². The molecule has 6 nitrogen and oxygen atoms in total. The van der Waals surface area contributed by atoms with Gasteiger partial charge in [0.2, 0.25) is 10.0 Å². The summed E-state index contributed by atoms with van der Waals surface area (Å²) < 4.78 is 26.6. The number of thiazole rings is 1. The number of aliphatic hydroxyl groups excluding tert-OH is 1. The third-order valence-electron chi connectivity index (χ3n) is 2.39. The Morgan fingerprint density at radius 3 is 2.74 bits per heavy atom. The smallest absolute Gasteiger partial charge is 0.304 e. The Morgan fingerprint density at radius 2 is 2.21 bits per heavy atom. The standard InChI is InChI=1S/C10H12N2O4S3/c1-6-9(2-8(4-13)18-6)19(15,16)11-3-7-5-17-10(14)12-7/h2,5,11,13H,3-4H2,1H3,(H,12,14). The summed E-state index contributed by atoms with van der Waals surface area (Å²) in [5, 5.41) is 10.6. The summed E-state index contributed by atoms with van der Waals surface area (Å²) in [7, 11) is -3.64. The number of H-pyrrole nitrogens is 1. The van der Waals surface area contributed by atoms with Crippen molar-refractivity contribution in [2.75, 3.05) is 0 Å². The van der Waals surface area contributed by atoms with E-state index in [2.05, 4.69) is 9.71 Å². The fourth-order valence-corrected chi connectivity index (χ4v) is 4.60. The summed E-state index contributed by atoms with van der Waals surface area (Å²) in [4.78, 5) is 14.6. The Bertz CT molecular complexity index is 726. The number of hydrogen-bond donors (Lipinski definition) is 3. The third kappa shape index (κ3) is 3.31. The van der Waals surface area contributed by atoms with E-state index in [0.717, 1.165) is 11.3 Å². The van der Waals surface area contributed by atoms with Crippen LogP contribution in [0.4, 0.5) is 0 Å². The number of aliphatic hydroxyl groups is 1. The topological polar surface area (TPSA) is 99.3 Å². The normalized spacial score (nSPS) is 11.9. The minimum absolute atomic E-state index is 0.0326. The maximum absolute atomic E-state index is 12.1. The van der Waals surface area contributed by atoms with Crippen molar-refractivity contribution in [1.29, 1.82) is 0 Å². The highest BCUT2D eigenvalue weighted by molar-refractivity contribution is 7.89. The average Bonchev–Trinajstić information content (AvgIpc) is 2.93. The zero-order valence-electron chi connectivity index (χ0n) is 9.97. The molecule has 0 aromatic carbocycles. The predicted molar refractivity (Wildman–Crippen MR) is 73.9 cm³/mol. The van der Waals surface area contributed by atoms with E-state index in [1.165, 1.54) is 17.4 Å². The molecule has 0 aliphatic carbocycles. The molecule has 0 bridgehead atoms. The van der Waals surface area contributed by atoms with Crippen molar-refractivity contribution in [3.8, 4) is 0 Å². The van der Waals surface area contributed by atoms with Crippen LogP contribution in [0.5, 0.6) is 0 Å². The summed E-state index contributed by atoms with van der Waals surface area (Å²) in [6.07, 6.45) is 0. The van der Waals surface area contributed by atoms with E-state index in [4.69, 9.17) is 5.11 Å². The maximum Gasteiger partial charge on any atom is 0.304 e. The van der Waals surface area contributed by atoms with E-state index < -0.39 is 10.0 Å². The van der Waals surface area contributed by atoms with Crippen molar-refractivity contribution in [3.05, 3.63) is 36.6 Å². The van der Waals surface area contributed by atoms with Crippen molar-refractivity contribution in [2.24, 2.45) is 0 Å². The molecule has 0 saturated heterocycles. The molecule has 9 heteroatoms. The third-order valence-corrected chi connectivity index (χ3v) is 5.80. The van der Waals surface area contributed by atoms with Gasteiger partial charge in [0.05, 0.1) is 18.0 Å². The van der Waals surface area contributed by atoms with Gasteiger partial charge in [-0.2, -0.15) is 0 Å². The van der Waals surface area contributed by atoms with Crippen LogP contribution in [0, 0.1) is 6.92 Å². The van der Waals surface area contributed by atoms with Gasteiger partial charge in [0.25, 0.3) is 0 Å². The zero-order chi connectivity index (χ0) is 14.0. The molecule has 2 aromatic rings. The minimum Gasteiger partial charge on any atom is -0.391 e. The van der Waals surface area contributed by atoms with E-state index in [1.54, 1.807) is 12.3 Å². The highest BCUT2D eigenvalue weighted by atomic mass is 32.2. The highest BCUT2D eigenvalue weighted by Crippen LogP contribution is 2.25. The molecule has 19 heavy (non-hydrogen) atoms. The number of rotatable bonds is 5. The molecular formula is C10H12N2O4S3. The van der Waals surface area contributed by atoms with E-state index in [9.17, 15) is 13.2 Å². The van der Waals surface area contributed by atoms with Crippen molar-refractivity contribution in [3.63, 3.8) is 0 Å². The van der Waals surface area contributed by atoms with E-state index >= 15 is 0 Å². The molecule has 2 heterocycles. The molecule has 2 rings (SSSR count). The fourth-order valence-electron chi connectivity index (χ4n) is 1.52. The van der Waals surface area contributed by atoms with Crippen LogP contribution in [0.1, 0.15) is 15.4 Å². The van der Waals surface area contributed by atoms with Gasteiger partial charge in [-0.3, -0.25) is 4.79 Å². The first-order valence-electron chi connectivity index (χ1n) is 5.29. The zero-order valence-corrected chi connectivity index (χ0v) is 12.4. The molecule has 104 valence electrons. The minimum atomic E-state index is -3.64. The number of aryl methyl sites for hydroxylation is 1. The molecular weight excluding hydrogens is 308 g/mol. The second-order valence-corrected chi connectivity index (χ2v) is 7.71. The lowest BCUT2D eigenvalue weighted by atomic mass is 10.4. The van der Waals surface area contributed by atoms with E-state index in [0.29, 0.717) is 15.4 Å². The Balaban J connectivity index is 2.18. The first-order valence-corrected chi connectivity index (χ1v) is 8.47. The first-order chi connectivity index (χ1) is 8.92. The molecule has 3 N–H and O–H groups in total. The second-order valence-electron chi connectivity index (χ2n) is 3.79. The van der Waals surface area contributed by atoms with Crippen molar-refractivity contribution in [2.45, 2.75) is 25.0 Å². The van der Waals surface area contributed by atoms with Crippen LogP contribution < -0.4 is 9.60 Å². The molecule has 2 aromatic heterocycles. The molecule has 0 fully saturated rings. The summed E-state index contributed by atoms with van der Waals surface area (Å²) in [5.41, 5.74) is 0.522. The van der Waals surface area contributed by atoms with Gasteiger partial charge in [-0.1, -0.05) is 11.3 Å². The van der Waals surface area contributed by atoms with E-state index in [-0.39, 0.29) is 22.9 Å². The van der Waals surface area contributed by atoms with Gasteiger partial charge in [-0.05, 0) is 13.0 Å². The largest absolute Gasteiger partial charge is 0.391 e. The number of sulfonamides is 1. The molecule has 0 amide bonds. The van der Waals surface area contributed by atoms with Crippen molar-refractivity contribution >= 4 is 32.7 Å². The van der Waals surface area contributed by atoms with Crippen molar-refractivity contribution < 1.29 is 13.5 Å². The van der Waals surface area contributed by atoms with Crippen LogP contribution in [0.15, 0.2) is 21.1 Å². The SMILES string of the molecule is Cc1sc(CO)cc1S(=O)(=O)NCc1csc(=O)[nH]1. The number of hydrogen-bond acceptors (Lipinski definition) is 6. The highest BCUT2D eigenvalue weighted by Gasteiger charge is 2.19. The second kappa shape index (κ2) is 5.55. The number of aromatic nitrogens is 1. The maximum atomic E-state index is 12.1. The van der Waals surface area contributed by atoms with Crippen LogP contribution in [-0.4, -0.2) is 18.5 Å². The lowest BCUT2D eigenvalue weighted by Gasteiger charge is -2.04. The first kappa shape index (κ1) is 14.4. The lowest BCUT2D eigenvalue weighted by Crippen LogP contribution is -2.23. The average molecular weight is 320 g/mol. The van der Waals surface area contributed by atoms with Gasteiger partial charge in [-0.25, -0.2) is 13.1 Å². The Hall–Kier alpha value is -1.00. The predicted octanol–water partition coefficient (Wildman–Crippen LogP) is 0.777. The summed E-state index contributed by atoms with van der Waals surface area (Å²) >= 11 is 2.23. The van der Waals surface area contributed by atoms with Gasteiger partial charge in [0.15, 0.2) is 0 Å². The number of nitrogens with one attached hydrogen (secondary N) is 2. The molecule has 0 aliphatic rings. The summed E-state index contributed by atoms with van der Waals surface area (Å²) in [5.74, 6) is 0. The lowest BCUT2D eigenvalue weighted by molar-refractivity contribution is 0.285. The van der Waals surface area contributed by atoms with Gasteiger partial charge in [0, 0.05) is 20.8 Å². The van der Waals surface area contributed by atoms with Gasteiger partial charge in [0.1, 0.15) is 0 Å². The molecule has 0 atom stereocenters. The fraction of sp³-hybridized carbons (Fsp3) is 0.300. The molecule has 0 unspecified atom stereocenters. The number of aromatic amines is 1. The van der Waals surface area contributed by atoms with Crippen LogP contribution in [0.2, 0.25) is 0 Å². The Kier molecular flexibility index (Phi) is 4.21. The van der Waals surface area contributed by atoms with Crippen LogP contribution in [0.3, 0.4) is 0 Å². The van der Waals surface area contributed by atoms with Gasteiger partial charge >= 0.3 is 4.87 Å². The summed E-state index contributed by atoms with van der Waals surface area (Å²) in [6.45, 7) is 1.54. The quantitative estimate of drug-likeness (QED) is 0.758. The molecule has 0 spiro atoms. The van der Waals surface area contributed by atoms with Crippen molar-refractivity contribution in [1.82, 2.24) is 9.71 Å². The number of thiophene rings is 1. The molecule has 0 aliphatic heterocycles.